The molecule has 0 radical (unpaired) electrons. The summed E-state index contributed by atoms with van der Waals surface area (Å²) in [7, 11) is 1.66. The number of ether oxygens (including phenoxy) is 1. The predicted octanol–water partition coefficient (Wildman–Crippen LogP) is 0.875. The van der Waals surface area contributed by atoms with Crippen molar-refractivity contribution in [2.75, 3.05) is 31.6 Å². The average molecular weight is 207 g/mol. The third-order valence-corrected chi connectivity index (χ3v) is 2.92. The minimum absolute atomic E-state index is 0.621. The summed E-state index contributed by atoms with van der Waals surface area (Å²) >= 11 is 0. The van der Waals surface area contributed by atoms with Gasteiger partial charge in [-0.25, -0.2) is 0 Å². The third-order valence-electron chi connectivity index (χ3n) is 2.92. The number of hydrogen-bond donors (Lipinski definition) is 1. The first-order valence-electron chi connectivity index (χ1n) is 5.27. The van der Waals surface area contributed by atoms with E-state index in [-0.39, 0.29) is 0 Å². The van der Waals surface area contributed by atoms with Crippen molar-refractivity contribution in [3.05, 3.63) is 18.5 Å². The summed E-state index contributed by atoms with van der Waals surface area (Å²) in [6.45, 7) is 2.87. The molecule has 2 heterocycles. The van der Waals surface area contributed by atoms with Gasteiger partial charge in [0.15, 0.2) is 0 Å². The second-order valence-electron chi connectivity index (χ2n) is 3.92. The molecule has 4 heteroatoms. The molecular weight excluding hydrogens is 190 g/mol. The van der Waals surface area contributed by atoms with Crippen LogP contribution in [0.5, 0.6) is 5.75 Å². The van der Waals surface area contributed by atoms with Gasteiger partial charge in [0, 0.05) is 19.2 Å². The van der Waals surface area contributed by atoms with Crippen LogP contribution in [0.1, 0.15) is 6.42 Å². The van der Waals surface area contributed by atoms with E-state index in [1.165, 1.54) is 6.42 Å². The molecule has 1 aromatic heterocycles. The second-order valence-corrected chi connectivity index (χ2v) is 3.92. The fraction of sp³-hybridized carbons (Fsp3) is 0.545. The average Bonchev–Trinajstić information content (AvgIpc) is 2.78. The number of methoxy groups -OCH3 is 1. The van der Waals surface area contributed by atoms with E-state index in [2.05, 4.69) is 9.88 Å². The minimum atomic E-state index is 0.621. The summed E-state index contributed by atoms with van der Waals surface area (Å²) in [6, 6.07) is 2.02. The van der Waals surface area contributed by atoms with Gasteiger partial charge in [0.05, 0.1) is 25.2 Å². The fourth-order valence-electron chi connectivity index (χ4n) is 1.95. The Morgan fingerprint density at radius 3 is 3.13 bits per heavy atom. The Bertz CT molecular complexity index is 329. The molecule has 1 saturated heterocycles. The van der Waals surface area contributed by atoms with Crippen LogP contribution in [0.25, 0.3) is 0 Å². The highest BCUT2D eigenvalue weighted by molar-refractivity contribution is 5.48. The first-order chi connectivity index (χ1) is 7.33. The molecule has 1 fully saturated rings. The van der Waals surface area contributed by atoms with Gasteiger partial charge < -0.3 is 15.4 Å². The maximum absolute atomic E-state index is 5.66. The SMILES string of the molecule is COc1cncc(N2CCC(CN)C2)c1. The van der Waals surface area contributed by atoms with Gasteiger partial charge in [-0.15, -0.1) is 0 Å². The second kappa shape index (κ2) is 4.49. The Kier molecular flexibility index (Phi) is 3.06. The van der Waals surface area contributed by atoms with E-state index >= 15 is 0 Å². The molecule has 1 aliphatic heterocycles. The predicted molar refractivity (Wildman–Crippen MR) is 60.2 cm³/mol. The van der Waals surface area contributed by atoms with Crippen LogP contribution in [-0.2, 0) is 0 Å². The standard InChI is InChI=1S/C11H17N3O/c1-15-11-4-10(6-13-7-11)14-3-2-9(5-12)8-14/h4,6-7,9H,2-3,5,8,12H2,1H3. The summed E-state index contributed by atoms with van der Waals surface area (Å²) in [4.78, 5) is 6.47. The van der Waals surface area contributed by atoms with Gasteiger partial charge in [0.25, 0.3) is 0 Å². The summed E-state index contributed by atoms with van der Waals surface area (Å²) in [5, 5.41) is 0. The number of nitrogens with two attached hydrogens (primary N) is 1. The van der Waals surface area contributed by atoms with E-state index in [4.69, 9.17) is 10.5 Å². The van der Waals surface area contributed by atoms with E-state index in [1.807, 2.05) is 12.3 Å². The van der Waals surface area contributed by atoms with Gasteiger partial charge in [-0.3, -0.25) is 4.98 Å². The zero-order valence-electron chi connectivity index (χ0n) is 9.02. The normalized spacial score (nSPS) is 20.7. The lowest BCUT2D eigenvalue weighted by Gasteiger charge is -2.18. The van der Waals surface area contributed by atoms with Crippen LogP contribution >= 0.6 is 0 Å². The fourth-order valence-corrected chi connectivity index (χ4v) is 1.95. The van der Waals surface area contributed by atoms with Crippen molar-refractivity contribution in [1.82, 2.24) is 4.98 Å². The van der Waals surface area contributed by atoms with Crippen molar-refractivity contribution in [1.29, 1.82) is 0 Å². The monoisotopic (exact) mass is 207 g/mol. The Balaban J connectivity index is 2.09. The molecule has 2 rings (SSSR count). The first kappa shape index (κ1) is 10.2. The van der Waals surface area contributed by atoms with Crippen LogP contribution in [0, 0.1) is 5.92 Å². The largest absolute Gasteiger partial charge is 0.495 e. The van der Waals surface area contributed by atoms with Gasteiger partial charge >= 0.3 is 0 Å². The molecule has 2 N–H and O–H groups in total. The summed E-state index contributed by atoms with van der Waals surface area (Å²) in [5.74, 6) is 1.43. The van der Waals surface area contributed by atoms with Gasteiger partial charge in [0.2, 0.25) is 0 Å². The van der Waals surface area contributed by atoms with Crippen molar-refractivity contribution < 1.29 is 4.74 Å². The van der Waals surface area contributed by atoms with Crippen LogP contribution in [0.4, 0.5) is 5.69 Å². The van der Waals surface area contributed by atoms with Gasteiger partial charge in [-0.2, -0.15) is 0 Å². The lowest BCUT2D eigenvalue weighted by molar-refractivity contribution is 0.413. The van der Waals surface area contributed by atoms with Crippen LogP contribution < -0.4 is 15.4 Å². The van der Waals surface area contributed by atoms with E-state index < -0.39 is 0 Å². The summed E-state index contributed by atoms with van der Waals surface area (Å²) < 4.78 is 5.15. The molecule has 0 aromatic carbocycles. The van der Waals surface area contributed by atoms with Crippen molar-refractivity contribution in [2.24, 2.45) is 11.7 Å². The molecule has 4 nitrogen and oxygen atoms in total. The molecule has 0 spiro atoms. The number of anilines is 1. The van der Waals surface area contributed by atoms with Crippen molar-refractivity contribution in [3.63, 3.8) is 0 Å². The third kappa shape index (κ3) is 2.21. The number of hydrogen-bond acceptors (Lipinski definition) is 4. The number of pyridine rings is 1. The van der Waals surface area contributed by atoms with E-state index in [9.17, 15) is 0 Å². The van der Waals surface area contributed by atoms with Gasteiger partial charge in [-0.1, -0.05) is 0 Å². The molecule has 82 valence electrons. The topological polar surface area (TPSA) is 51.4 Å². The minimum Gasteiger partial charge on any atom is -0.495 e. The zero-order valence-corrected chi connectivity index (χ0v) is 9.02. The quantitative estimate of drug-likeness (QED) is 0.799. The molecule has 1 aromatic rings. The van der Waals surface area contributed by atoms with E-state index in [0.717, 1.165) is 31.1 Å². The molecule has 1 atom stereocenters. The summed E-state index contributed by atoms with van der Waals surface area (Å²) in [5.41, 5.74) is 6.79. The zero-order chi connectivity index (χ0) is 10.7. The lowest BCUT2D eigenvalue weighted by atomic mass is 10.1. The highest BCUT2D eigenvalue weighted by Gasteiger charge is 2.21. The molecule has 0 bridgehead atoms. The van der Waals surface area contributed by atoms with Crippen molar-refractivity contribution in [2.45, 2.75) is 6.42 Å². The van der Waals surface area contributed by atoms with Crippen LogP contribution in [0.3, 0.4) is 0 Å². The van der Waals surface area contributed by atoms with Crippen LogP contribution in [0.15, 0.2) is 18.5 Å². The smallest absolute Gasteiger partial charge is 0.139 e. The molecular formula is C11H17N3O. The Labute approximate surface area is 90.0 Å². The molecule has 15 heavy (non-hydrogen) atoms. The molecule has 1 aliphatic rings. The Morgan fingerprint density at radius 2 is 2.47 bits per heavy atom. The highest BCUT2D eigenvalue weighted by atomic mass is 16.5. The Morgan fingerprint density at radius 1 is 1.60 bits per heavy atom. The van der Waals surface area contributed by atoms with Crippen LogP contribution in [-0.4, -0.2) is 31.7 Å². The maximum Gasteiger partial charge on any atom is 0.139 e. The van der Waals surface area contributed by atoms with Gasteiger partial charge in [-0.05, 0) is 18.9 Å². The first-order valence-corrected chi connectivity index (χ1v) is 5.27. The van der Waals surface area contributed by atoms with E-state index in [0.29, 0.717) is 5.92 Å². The maximum atomic E-state index is 5.66. The Hall–Kier alpha value is -1.29. The summed E-state index contributed by atoms with van der Waals surface area (Å²) in [6.07, 6.45) is 4.77. The van der Waals surface area contributed by atoms with Crippen molar-refractivity contribution >= 4 is 5.69 Å². The number of aromatic nitrogens is 1. The lowest BCUT2D eigenvalue weighted by Crippen LogP contribution is -2.22. The number of nitrogens with zero attached hydrogens (tertiary/aromatic N) is 2. The van der Waals surface area contributed by atoms with Crippen LogP contribution in [0.2, 0.25) is 0 Å². The molecule has 1 unspecified atom stereocenters. The van der Waals surface area contributed by atoms with Crippen molar-refractivity contribution in [3.8, 4) is 5.75 Å². The van der Waals surface area contributed by atoms with E-state index in [1.54, 1.807) is 13.3 Å². The number of rotatable bonds is 3. The molecule has 0 amide bonds. The highest BCUT2D eigenvalue weighted by Crippen LogP contribution is 2.25. The van der Waals surface area contributed by atoms with Gasteiger partial charge in [0.1, 0.15) is 5.75 Å². The molecule has 0 saturated carbocycles. The molecule has 0 aliphatic carbocycles.